The lowest BCUT2D eigenvalue weighted by atomic mass is 10.4. The molecule has 1 heterocycles. The van der Waals surface area contributed by atoms with E-state index in [1.165, 1.54) is 0 Å². The first-order valence-electron chi connectivity index (χ1n) is 3.20. The van der Waals surface area contributed by atoms with Crippen molar-refractivity contribution in [3.63, 3.8) is 0 Å². The van der Waals surface area contributed by atoms with E-state index >= 15 is 0 Å². The number of hydrogen-bond donors (Lipinski definition) is 1. The third-order valence-electron chi connectivity index (χ3n) is 1.29. The number of nitrogens with zero attached hydrogens (tertiary/aromatic N) is 2. The Morgan fingerprint density at radius 3 is 2.80 bits per heavy atom. The summed E-state index contributed by atoms with van der Waals surface area (Å²) in [6.45, 7) is 3.51. The zero-order valence-corrected chi connectivity index (χ0v) is 8.00. The molecule has 1 rings (SSSR count). The molecule has 0 fully saturated rings. The molecule has 0 unspecified atom stereocenters. The molecule has 2 N–H and O–H groups in total. The van der Waals surface area contributed by atoms with Gasteiger partial charge in [0.05, 0.1) is 9.39 Å². The van der Waals surface area contributed by atoms with Crippen LogP contribution in [0.1, 0.15) is 12.6 Å². The highest BCUT2D eigenvalue weighted by molar-refractivity contribution is 14.1. The van der Waals surface area contributed by atoms with Crippen LogP contribution in [0.15, 0.2) is 6.07 Å². The van der Waals surface area contributed by atoms with Gasteiger partial charge in [-0.15, -0.1) is 0 Å². The molecule has 0 saturated heterocycles. The van der Waals surface area contributed by atoms with Crippen molar-refractivity contribution in [2.24, 2.45) is 5.73 Å². The van der Waals surface area contributed by atoms with Crippen LogP contribution in [-0.2, 0) is 13.1 Å². The fourth-order valence-electron chi connectivity index (χ4n) is 0.765. The molecule has 10 heavy (non-hydrogen) atoms. The van der Waals surface area contributed by atoms with E-state index in [2.05, 4.69) is 34.6 Å². The molecule has 0 bridgehead atoms. The van der Waals surface area contributed by atoms with Crippen LogP contribution in [0.4, 0.5) is 0 Å². The number of halogens is 1. The fraction of sp³-hybridized carbons (Fsp3) is 0.500. The number of nitrogens with two attached hydrogens (primary N) is 1. The van der Waals surface area contributed by atoms with Gasteiger partial charge in [-0.05, 0) is 35.6 Å². The van der Waals surface area contributed by atoms with Crippen molar-refractivity contribution in [3.8, 4) is 0 Å². The minimum atomic E-state index is 0.531. The Morgan fingerprint density at radius 1 is 1.80 bits per heavy atom. The predicted molar refractivity (Wildman–Crippen MR) is 48.5 cm³/mol. The van der Waals surface area contributed by atoms with E-state index in [1.54, 1.807) is 0 Å². The van der Waals surface area contributed by atoms with Crippen LogP contribution >= 0.6 is 22.6 Å². The second-order valence-corrected chi connectivity index (χ2v) is 3.08. The van der Waals surface area contributed by atoms with Gasteiger partial charge in [0, 0.05) is 13.1 Å². The van der Waals surface area contributed by atoms with Crippen molar-refractivity contribution in [1.82, 2.24) is 9.78 Å². The second-order valence-electron chi connectivity index (χ2n) is 1.98. The van der Waals surface area contributed by atoms with Crippen LogP contribution in [0.3, 0.4) is 0 Å². The lowest BCUT2D eigenvalue weighted by molar-refractivity contribution is 0.632. The summed E-state index contributed by atoms with van der Waals surface area (Å²) in [4.78, 5) is 0. The van der Waals surface area contributed by atoms with Crippen LogP contribution in [0.5, 0.6) is 0 Å². The molecule has 56 valence electrons. The van der Waals surface area contributed by atoms with Crippen LogP contribution in [0, 0.1) is 3.70 Å². The quantitative estimate of drug-likeness (QED) is 0.796. The molecule has 0 atom stereocenters. The van der Waals surface area contributed by atoms with E-state index < -0.39 is 0 Å². The molecule has 1 aromatic heterocycles. The minimum absolute atomic E-state index is 0.531. The van der Waals surface area contributed by atoms with Gasteiger partial charge in [-0.1, -0.05) is 0 Å². The van der Waals surface area contributed by atoms with Crippen molar-refractivity contribution in [3.05, 3.63) is 15.5 Å². The molecule has 0 saturated carbocycles. The van der Waals surface area contributed by atoms with Gasteiger partial charge in [0.1, 0.15) is 0 Å². The van der Waals surface area contributed by atoms with Crippen molar-refractivity contribution in [2.75, 3.05) is 0 Å². The summed E-state index contributed by atoms with van der Waals surface area (Å²) >= 11 is 2.25. The Hall–Kier alpha value is -0.100. The number of hydrogen-bond acceptors (Lipinski definition) is 2. The monoisotopic (exact) mass is 251 g/mol. The zero-order chi connectivity index (χ0) is 7.56. The summed E-state index contributed by atoms with van der Waals surface area (Å²) in [5.41, 5.74) is 6.37. The molecule has 0 radical (unpaired) electrons. The fourth-order valence-corrected chi connectivity index (χ4v) is 1.57. The molecule has 0 amide bonds. The molecule has 0 aliphatic carbocycles. The topological polar surface area (TPSA) is 43.8 Å². The van der Waals surface area contributed by atoms with Crippen molar-refractivity contribution in [1.29, 1.82) is 0 Å². The summed E-state index contributed by atoms with van der Waals surface area (Å²) in [6, 6.07) is 2.00. The Bertz CT molecular complexity index is 219. The minimum Gasteiger partial charge on any atom is -0.325 e. The summed E-state index contributed by atoms with van der Waals surface area (Å²) in [5.74, 6) is 0. The van der Waals surface area contributed by atoms with Crippen LogP contribution < -0.4 is 5.73 Å². The normalized spacial score (nSPS) is 10.3. The van der Waals surface area contributed by atoms with Crippen molar-refractivity contribution in [2.45, 2.75) is 20.0 Å². The van der Waals surface area contributed by atoms with E-state index in [0.717, 1.165) is 15.9 Å². The molecular formula is C6H10IN3. The molecular weight excluding hydrogens is 241 g/mol. The standard InChI is InChI=1S/C6H10IN3/c1-2-10-6(7)3-5(4-8)9-10/h3H,2,4,8H2,1H3. The number of aryl methyl sites for hydroxylation is 1. The highest BCUT2D eigenvalue weighted by Gasteiger charge is 2.00. The second kappa shape index (κ2) is 3.34. The third-order valence-corrected chi connectivity index (χ3v) is 2.16. The van der Waals surface area contributed by atoms with Gasteiger partial charge in [0.25, 0.3) is 0 Å². The smallest absolute Gasteiger partial charge is 0.0992 e. The summed E-state index contributed by atoms with van der Waals surface area (Å²) in [6.07, 6.45) is 0. The predicted octanol–water partition coefficient (Wildman–Crippen LogP) is 0.966. The Kier molecular flexibility index (Phi) is 2.67. The number of aromatic nitrogens is 2. The molecule has 0 aromatic carbocycles. The first kappa shape index (κ1) is 8.00. The van der Waals surface area contributed by atoms with Gasteiger partial charge in [-0.2, -0.15) is 5.10 Å². The summed E-state index contributed by atoms with van der Waals surface area (Å²) < 4.78 is 3.09. The Balaban J connectivity index is 2.92. The molecule has 4 heteroatoms. The van der Waals surface area contributed by atoms with E-state index in [-0.39, 0.29) is 0 Å². The third kappa shape index (κ3) is 1.49. The molecule has 3 nitrogen and oxygen atoms in total. The van der Waals surface area contributed by atoms with E-state index in [9.17, 15) is 0 Å². The molecule has 0 spiro atoms. The van der Waals surface area contributed by atoms with Crippen LogP contribution in [0.25, 0.3) is 0 Å². The summed E-state index contributed by atoms with van der Waals surface area (Å²) in [7, 11) is 0. The average Bonchev–Trinajstić information content (AvgIpc) is 2.30. The van der Waals surface area contributed by atoms with Gasteiger partial charge >= 0.3 is 0 Å². The van der Waals surface area contributed by atoms with Gasteiger partial charge in [0.2, 0.25) is 0 Å². The van der Waals surface area contributed by atoms with E-state index in [4.69, 9.17) is 5.73 Å². The first-order valence-corrected chi connectivity index (χ1v) is 4.28. The van der Waals surface area contributed by atoms with E-state index in [0.29, 0.717) is 6.54 Å². The maximum atomic E-state index is 5.41. The average molecular weight is 251 g/mol. The van der Waals surface area contributed by atoms with Gasteiger partial charge in [0.15, 0.2) is 0 Å². The highest BCUT2D eigenvalue weighted by Crippen LogP contribution is 2.06. The number of rotatable bonds is 2. The van der Waals surface area contributed by atoms with Crippen LogP contribution in [-0.4, -0.2) is 9.78 Å². The SMILES string of the molecule is CCn1nc(CN)cc1I. The largest absolute Gasteiger partial charge is 0.325 e. The molecule has 1 aromatic rings. The zero-order valence-electron chi connectivity index (χ0n) is 5.84. The summed E-state index contributed by atoms with van der Waals surface area (Å²) in [5, 5.41) is 4.23. The van der Waals surface area contributed by atoms with Gasteiger partial charge < -0.3 is 5.73 Å². The lowest BCUT2D eigenvalue weighted by Gasteiger charge is -1.94. The maximum Gasteiger partial charge on any atom is 0.0992 e. The Morgan fingerprint density at radius 2 is 2.50 bits per heavy atom. The van der Waals surface area contributed by atoms with Crippen molar-refractivity contribution < 1.29 is 0 Å². The van der Waals surface area contributed by atoms with Crippen molar-refractivity contribution >= 4 is 22.6 Å². The lowest BCUT2D eigenvalue weighted by Crippen LogP contribution is -2.01. The first-order chi connectivity index (χ1) is 4.77. The highest BCUT2D eigenvalue weighted by atomic mass is 127. The maximum absolute atomic E-state index is 5.41. The van der Waals surface area contributed by atoms with E-state index in [1.807, 2.05) is 10.7 Å². The molecule has 0 aliphatic rings. The van der Waals surface area contributed by atoms with Crippen LogP contribution in [0.2, 0.25) is 0 Å². The van der Waals surface area contributed by atoms with Gasteiger partial charge in [-0.25, -0.2) is 0 Å². The molecule has 0 aliphatic heterocycles. The Labute approximate surface area is 73.7 Å². The van der Waals surface area contributed by atoms with Gasteiger partial charge in [-0.3, -0.25) is 4.68 Å².